The topological polar surface area (TPSA) is 170 Å². The molecule has 0 spiro atoms. The van der Waals surface area contributed by atoms with E-state index in [1.54, 1.807) is 38.4 Å². The van der Waals surface area contributed by atoms with Gasteiger partial charge in [0, 0.05) is 54.4 Å². The molecule has 3 atom stereocenters. The summed E-state index contributed by atoms with van der Waals surface area (Å²) < 4.78 is 18.5. The van der Waals surface area contributed by atoms with Gasteiger partial charge in [-0.1, -0.05) is 38.1 Å². The maximum Gasteiger partial charge on any atom is 0.330 e. The summed E-state index contributed by atoms with van der Waals surface area (Å²) in [6.07, 6.45) is 5.67. The number of pyridine rings is 1. The van der Waals surface area contributed by atoms with Crippen molar-refractivity contribution >= 4 is 53.1 Å². The second kappa shape index (κ2) is 18.2. The average molecular weight is 660 g/mol. The van der Waals surface area contributed by atoms with Crippen LogP contribution < -0.4 is 21.7 Å². The monoisotopic (exact) mass is 659 g/mol. The zero-order valence-corrected chi connectivity index (χ0v) is 26.7. The van der Waals surface area contributed by atoms with Crippen LogP contribution in [0, 0.1) is 11.7 Å². The van der Waals surface area contributed by atoms with Gasteiger partial charge in [-0.05, 0) is 36.1 Å². The number of ether oxygens (including phenoxy) is 1. The number of amides is 4. The van der Waals surface area contributed by atoms with Crippen molar-refractivity contribution in [2.75, 3.05) is 11.5 Å². The molecule has 4 amide bonds. The van der Waals surface area contributed by atoms with Gasteiger partial charge in [-0.3, -0.25) is 24.2 Å². The highest BCUT2D eigenvalue weighted by atomic mass is 32.2. The molecule has 45 heavy (non-hydrogen) atoms. The number of thioether (sulfide) groups is 2. The minimum absolute atomic E-state index is 0.00432. The Balaban J connectivity index is 1.75. The van der Waals surface area contributed by atoms with E-state index in [9.17, 15) is 28.4 Å². The lowest BCUT2D eigenvalue weighted by Crippen LogP contribution is -2.57. The van der Waals surface area contributed by atoms with Crippen LogP contribution in [0.15, 0.2) is 60.9 Å². The van der Waals surface area contributed by atoms with Gasteiger partial charge in [0.25, 0.3) is 0 Å². The Hall–Kier alpha value is -3.91. The van der Waals surface area contributed by atoms with Crippen molar-refractivity contribution in [3.63, 3.8) is 0 Å². The first-order valence-corrected chi connectivity index (χ1v) is 16.5. The molecule has 14 heteroatoms. The lowest BCUT2D eigenvalue weighted by molar-refractivity contribution is -0.139. The molecule has 0 unspecified atom stereocenters. The number of nitrogens with one attached hydrogen (secondary N) is 3. The Bertz CT molecular complexity index is 1340. The van der Waals surface area contributed by atoms with E-state index < -0.39 is 47.6 Å². The molecular formula is C31H38FN5O6S2. The number of nitrogens with two attached hydrogens (primary N) is 1. The summed E-state index contributed by atoms with van der Waals surface area (Å²) in [5.41, 5.74) is 6.59. The molecule has 2 aromatic rings. The number of nitrogens with zero attached hydrogens (tertiary/aromatic N) is 1. The molecule has 3 rings (SSSR count). The number of esters is 1. The molecule has 2 heterocycles. The van der Waals surface area contributed by atoms with Crippen LogP contribution in [-0.4, -0.2) is 68.8 Å². The third kappa shape index (κ3) is 12.5. The van der Waals surface area contributed by atoms with E-state index in [0.29, 0.717) is 11.1 Å². The maximum atomic E-state index is 13.6. The van der Waals surface area contributed by atoms with Crippen LogP contribution in [0.3, 0.4) is 0 Å². The normalized spacial score (nSPS) is 15.3. The average Bonchev–Trinajstić information content (AvgIpc) is 3.56. The van der Waals surface area contributed by atoms with Gasteiger partial charge >= 0.3 is 5.97 Å². The number of carbonyl (C=O) groups is 5. The summed E-state index contributed by atoms with van der Waals surface area (Å²) in [4.78, 5) is 67.7. The summed E-state index contributed by atoms with van der Waals surface area (Å²) in [6, 6.07) is 6.08. The van der Waals surface area contributed by atoms with Gasteiger partial charge in [-0.15, -0.1) is 23.5 Å². The molecule has 242 valence electrons. The van der Waals surface area contributed by atoms with Crippen molar-refractivity contribution in [1.29, 1.82) is 0 Å². The predicted molar refractivity (Wildman–Crippen MR) is 171 cm³/mol. The summed E-state index contributed by atoms with van der Waals surface area (Å²) in [6.45, 7) is 3.56. The Morgan fingerprint density at radius 2 is 1.73 bits per heavy atom. The number of hydrogen-bond donors (Lipinski definition) is 4. The molecule has 0 bridgehead atoms. The quantitative estimate of drug-likeness (QED) is 0.156. The molecule has 11 nitrogen and oxygen atoms in total. The van der Waals surface area contributed by atoms with Gasteiger partial charge in [-0.2, -0.15) is 0 Å². The highest BCUT2D eigenvalue weighted by Gasteiger charge is 2.32. The van der Waals surface area contributed by atoms with E-state index in [0.717, 1.165) is 17.6 Å². The highest BCUT2D eigenvalue weighted by molar-refractivity contribution is 8.21. The Morgan fingerprint density at radius 3 is 2.36 bits per heavy atom. The van der Waals surface area contributed by atoms with Gasteiger partial charge in [0.15, 0.2) is 0 Å². The lowest BCUT2D eigenvalue weighted by atomic mass is 10.0. The molecule has 5 N–H and O–H groups in total. The number of primary amides is 1. The van der Waals surface area contributed by atoms with Gasteiger partial charge in [0.05, 0.1) is 0 Å². The van der Waals surface area contributed by atoms with Crippen LogP contribution in [0.5, 0.6) is 0 Å². The predicted octanol–water partition coefficient (Wildman–Crippen LogP) is 2.24. The number of hydrogen-bond acceptors (Lipinski definition) is 9. The molecule has 1 aromatic heterocycles. The van der Waals surface area contributed by atoms with Gasteiger partial charge in [0.2, 0.25) is 23.6 Å². The van der Waals surface area contributed by atoms with Crippen molar-refractivity contribution < 1.29 is 33.1 Å². The fourth-order valence-corrected chi connectivity index (χ4v) is 6.87. The first kappa shape index (κ1) is 35.6. The summed E-state index contributed by atoms with van der Waals surface area (Å²) in [5, 5.41) is 8.31. The van der Waals surface area contributed by atoms with Gasteiger partial charge in [0.1, 0.15) is 29.1 Å². The second-order valence-electron chi connectivity index (χ2n) is 10.6. The Labute approximate surface area is 270 Å². The smallest absolute Gasteiger partial charge is 0.330 e. The SMILES string of the molecule is CC(C)[C@H](NC(=O)C1SCCS1)C(=O)N[C@@H](Cc1ccc(F)cc1)C(=O)N[C@H](/C=C/C(=O)OCc1cccnc1)CCC(N)=O. The highest BCUT2D eigenvalue weighted by Crippen LogP contribution is 2.32. The number of carbonyl (C=O) groups excluding carboxylic acids is 5. The molecular weight excluding hydrogens is 622 g/mol. The summed E-state index contributed by atoms with van der Waals surface area (Å²) in [5.74, 6) is -1.78. The molecule has 0 saturated carbocycles. The lowest BCUT2D eigenvalue weighted by Gasteiger charge is -2.27. The van der Waals surface area contributed by atoms with Crippen LogP contribution >= 0.6 is 23.5 Å². The first-order valence-electron chi connectivity index (χ1n) is 14.4. The van der Waals surface area contributed by atoms with E-state index in [2.05, 4.69) is 20.9 Å². The standard InChI is InChI=1S/C31H38FN5O6S2/c1-19(2)27(37-30(42)31-44-14-15-45-31)29(41)36-24(16-20-5-7-22(32)8-6-20)28(40)35-23(9-11-25(33)38)10-12-26(39)43-18-21-4-3-13-34-17-21/h3-8,10,12-13,17,19,23-24,27,31H,9,11,14-16,18H2,1-2H3,(H2,33,38)(H,35,40)(H,36,41)(H,37,42)/b12-10+/t23-,24-,27-/m0/s1. The van der Waals surface area contributed by atoms with Crippen molar-refractivity contribution in [2.24, 2.45) is 11.7 Å². The van der Waals surface area contributed by atoms with Crippen LogP contribution in [0.2, 0.25) is 0 Å². The Kier molecular flexibility index (Phi) is 14.3. The van der Waals surface area contributed by atoms with Gasteiger partial charge in [-0.25, -0.2) is 9.18 Å². The largest absolute Gasteiger partial charge is 0.458 e. The molecule has 1 saturated heterocycles. The van der Waals surface area contributed by atoms with Crippen LogP contribution in [-0.2, 0) is 41.7 Å². The van der Waals surface area contributed by atoms with E-state index in [4.69, 9.17) is 10.5 Å². The molecule has 1 aliphatic rings. The molecule has 1 aliphatic heterocycles. The summed E-state index contributed by atoms with van der Waals surface area (Å²) in [7, 11) is 0. The van der Waals surface area contributed by atoms with E-state index in [1.165, 1.54) is 53.9 Å². The number of benzene rings is 1. The number of halogens is 1. The van der Waals surface area contributed by atoms with Crippen molar-refractivity contribution in [3.05, 3.63) is 77.9 Å². The van der Waals surface area contributed by atoms with E-state index in [1.807, 2.05) is 0 Å². The third-order valence-electron chi connectivity index (χ3n) is 6.67. The van der Waals surface area contributed by atoms with Gasteiger partial charge < -0.3 is 26.4 Å². The minimum atomic E-state index is -1.14. The fourth-order valence-electron chi connectivity index (χ4n) is 4.27. The number of rotatable bonds is 16. The molecule has 1 aromatic carbocycles. The Morgan fingerprint density at radius 1 is 1.02 bits per heavy atom. The van der Waals surface area contributed by atoms with Crippen LogP contribution in [0.1, 0.15) is 37.8 Å². The van der Waals surface area contributed by atoms with Crippen LogP contribution in [0.4, 0.5) is 4.39 Å². The van der Waals surface area contributed by atoms with Crippen molar-refractivity contribution in [2.45, 2.75) is 62.4 Å². The second-order valence-corrected chi connectivity index (χ2v) is 13.4. The minimum Gasteiger partial charge on any atom is -0.458 e. The summed E-state index contributed by atoms with van der Waals surface area (Å²) >= 11 is 3.02. The molecule has 0 aliphatic carbocycles. The number of aromatic nitrogens is 1. The maximum absolute atomic E-state index is 13.6. The van der Waals surface area contributed by atoms with Crippen molar-refractivity contribution in [1.82, 2.24) is 20.9 Å². The van der Waals surface area contributed by atoms with E-state index in [-0.39, 0.29) is 42.3 Å². The molecule has 0 radical (unpaired) electrons. The van der Waals surface area contributed by atoms with E-state index >= 15 is 0 Å². The van der Waals surface area contributed by atoms with Crippen LogP contribution in [0.25, 0.3) is 0 Å². The first-order chi connectivity index (χ1) is 21.5. The van der Waals surface area contributed by atoms with Crippen molar-refractivity contribution in [3.8, 4) is 0 Å². The molecule has 1 fully saturated rings. The fraction of sp³-hybridized carbons (Fsp3) is 0.419. The third-order valence-corrected chi connectivity index (χ3v) is 9.65. The zero-order valence-electron chi connectivity index (χ0n) is 25.1. The zero-order chi connectivity index (χ0) is 32.8.